The third-order valence-electron chi connectivity index (χ3n) is 29.7. The summed E-state index contributed by atoms with van der Waals surface area (Å²) in [6, 6.07) is 20.9. The predicted molar refractivity (Wildman–Crippen MR) is 523 cm³/mol. The molecule has 34 nitrogen and oxygen atoms in total. The smallest absolute Gasteiger partial charge is 0.420 e. The molecular formula is C105H130F4N20O14. The number of imidazole rings is 4. The molecular weight excluding hydrogens is 1840 g/mol. The molecule has 10 aromatic rings. The van der Waals surface area contributed by atoms with Gasteiger partial charge in [0.05, 0.1) is 77.4 Å². The highest BCUT2D eigenvalue weighted by Gasteiger charge is 2.53. The van der Waals surface area contributed by atoms with Crippen LogP contribution in [0.3, 0.4) is 0 Å². The summed E-state index contributed by atoms with van der Waals surface area (Å²) in [4.78, 5) is 137. The number of halogens is 4. The van der Waals surface area contributed by atoms with E-state index in [2.05, 4.69) is 82.0 Å². The van der Waals surface area contributed by atoms with Crippen LogP contribution < -0.4 is 0 Å². The van der Waals surface area contributed by atoms with Gasteiger partial charge >= 0.3 is 12.3 Å². The van der Waals surface area contributed by atoms with Gasteiger partial charge in [-0.05, 0) is 228 Å². The Kier molecular flexibility index (Phi) is 28.9. The first-order chi connectivity index (χ1) is 67.9. The van der Waals surface area contributed by atoms with Crippen LogP contribution in [0.15, 0.2) is 116 Å². The molecule has 3 saturated carbocycles. The van der Waals surface area contributed by atoms with Gasteiger partial charge in [-0.25, -0.2) is 47.2 Å². The number of hydrogen-bond acceptors (Lipinski definition) is 22. The molecule has 5 saturated heterocycles. The molecule has 10 aliphatic rings. The molecule has 6 aliphatic heterocycles. The van der Waals surface area contributed by atoms with Gasteiger partial charge < -0.3 is 68.7 Å². The highest BCUT2D eigenvalue weighted by molar-refractivity contribution is 5.97. The van der Waals surface area contributed by atoms with E-state index in [0.29, 0.717) is 139 Å². The minimum Gasteiger partial charge on any atom is -0.445 e. The van der Waals surface area contributed by atoms with Gasteiger partial charge in [0.1, 0.15) is 57.6 Å². The molecule has 14 heterocycles. The Morgan fingerprint density at radius 1 is 0.469 bits per heavy atom. The average Bonchev–Trinajstić information content (AvgIpc) is 1.69. The van der Waals surface area contributed by atoms with Gasteiger partial charge in [0.25, 0.3) is 41.4 Å². The fourth-order valence-electron chi connectivity index (χ4n) is 20.8. The monoisotopic (exact) mass is 1970 g/mol. The van der Waals surface area contributed by atoms with Gasteiger partial charge in [-0.2, -0.15) is 33.6 Å². The van der Waals surface area contributed by atoms with Crippen LogP contribution >= 0.6 is 0 Å². The highest BCUT2D eigenvalue weighted by atomic mass is 19.4. The lowest BCUT2D eigenvalue weighted by Gasteiger charge is -2.49. The van der Waals surface area contributed by atoms with E-state index in [1.165, 1.54) is 27.5 Å². The molecule has 0 bridgehead atoms. The first-order valence-electron chi connectivity index (χ1n) is 50.1. The van der Waals surface area contributed by atoms with Gasteiger partial charge in [-0.15, -0.1) is 0 Å². The van der Waals surface area contributed by atoms with Crippen molar-refractivity contribution in [2.24, 2.45) is 0 Å². The Morgan fingerprint density at radius 3 is 1.29 bits per heavy atom. The van der Waals surface area contributed by atoms with Gasteiger partial charge in [-0.1, -0.05) is 84.0 Å². The van der Waals surface area contributed by atoms with E-state index in [9.17, 15) is 71.2 Å². The lowest BCUT2D eigenvalue weighted by molar-refractivity contribution is -0.164. The number of hydrogen-bond donors (Lipinski definition) is 3. The maximum absolute atomic E-state index is 13.9. The Labute approximate surface area is 827 Å². The number of piperazine rings is 4. The van der Waals surface area contributed by atoms with Crippen molar-refractivity contribution in [1.29, 1.82) is 0 Å². The second-order valence-electron chi connectivity index (χ2n) is 42.5. The van der Waals surface area contributed by atoms with Crippen molar-refractivity contribution < 1.29 is 85.4 Å². The lowest BCUT2D eigenvalue weighted by Crippen LogP contribution is -2.65. The second-order valence-corrected chi connectivity index (χ2v) is 42.5. The number of rotatable bonds is 16. The van der Waals surface area contributed by atoms with Crippen LogP contribution in [-0.2, 0) is 41.4 Å². The van der Waals surface area contributed by atoms with Crippen LogP contribution in [0.1, 0.15) is 297 Å². The van der Waals surface area contributed by atoms with E-state index in [1.54, 1.807) is 68.5 Å². The summed E-state index contributed by atoms with van der Waals surface area (Å²) >= 11 is 0. The number of nitrogens with zero attached hydrogens (tertiary/aromatic N) is 20. The second kappa shape index (κ2) is 40.6. The molecule has 1 atom stereocenters. The molecule has 143 heavy (non-hydrogen) atoms. The summed E-state index contributed by atoms with van der Waals surface area (Å²) in [5, 5.41) is 50.2. The number of amides is 8. The Bertz CT molecular complexity index is 6560. The molecule has 0 unspecified atom stereocenters. The van der Waals surface area contributed by atoms with E-state index in [-0.39, 0.29) is 96.4 Å². The Morgan fingerprint density at radius 2 is 0.888 bits per heavy atom. The summed E-state index contributed by atoms with van der Waals surface area (Å²) in [5.41, 5.74) is 5.60. The fourth-order valence-corrected chi connectivity index (χ4v) is 20.8. The molecule has 4 aliphatic carbocycles. The normalized spacial score (nSPS) is 20.3. The summed E-state index contributed by atoms with van der Waals surface area (Å²) in [7, 11) is 0. The maximum Gasteiger partial charge on any atom is 0.420 e. The van der Waals surface area contributed by atoms with E-state index in [4.69, 9.17) is 44.5 Å². The molecule has 0 spiro atoms. The van der Waals surface area contributed by atoms with E-state index in [1.807, 2.05) is 71.9 Å². The third kappa shape index (κ3) is 21.3. The van der Waals surface area contributed by atoms with Crippen molar-refractivity contribution in [2.75, 3.05) is 105 Å². The molecule has 0 radical (unpaired) electrons. The van der Waals surface area contributed by atoms with E-state index >= 15 is 0 Å². The minimum absolute atomic E-state index is 0.0533. The van der Waals surface area contributed by atoms with Crippen molar-refractivity contribution in [3.05, 3.63) is 189 Å². The zero-order chi connectivity index (χ0) is 102. The topological polar surface area (TPSA) is 372 Å². The first kappa shape index (κ1) is 102. The summed E-state index contributed by atoms with van der Waals surface area (Å²) in [6.45, 7) is 33.2. The van der Waals surface area contributed by atoms with Gasteiger partial charge in [0, 0.05) is 126 Å². The minimum atomic E-state index is -4.77. The van der Waals surface area contributed by atoms with Crippen molar-refractivity contribution in [3.63, 3.8) is 0 Å². The number of ether oxygens (including phenoxy) is 3. The fraction of sp³-hybridized carbons (Fsp3) is 0.543. The van der Waals surface area contributed by atoms with Gasteiger partial charge in [0.2, 0.25) is 0 Å². The number of carbonyl (C=O) groups excluding carboxylic acids is 8. The van der Waals surface area contributed by atoms with E-state index in [0.717, 1.165) is 156 Å². The Hall–Kier alpha value is -12.5. The van der Waals surface area contributed by atoms with Crippen molar-refractivity contribution in [1.82, 2.24) is 97.6 Å². The molecule has 2 aromatic carbocycles. The maximum atomic E-state index is 13.9. The standard InChI is InChI=1S/C27H23F4N5O3.C26H37N5O4.C26H35N5O4.C26H35N5O3/c1-17-14-34(11-12-35(17)26(38)39-16-18-5-3-2-4-6-18)25(37)23-15-36-24(32-23)21(27(29,30)31)13-22(33-36)19-7-9-20(28)10-8-19;2*1-17(2)19-14-20(18-6-12-35-13-7-18)28-31-15-21(27-22(19)31)23(32)30-11-10-29(16-25(30,3)4)24(33)26(34)8-5-9-26;1-17(2)19-14-20(18-8-5-6-9-18)28-31-15-21(27-22(19)31)23(32)30-13-12-29(16-25(30,3)4)24(33)26(34)10-7-11-26/h2-10,13,15,17H,11-12,14,16H2,1H3;14-15,17-18,34H,5-13,16H2,1-4H3;6,14-15,17,34H,5,7-13,16H2,1-4H3;8,14-15,17,34H,5-7,9-13,16H2,1-4H3/t17-;;;/m0.../s1. The third-order valence-corrected chi connectivity index (χ3v) is 29.7. The molecule has 8 aromatic heterocycles. The SMILES string of the molecule is CC(C)c1cc(C2=CCCC2)nn2cc(C(=O)N3CCN(C(=O)C4(O)CCC4)CC3(C)C)nc12.CC(C)c1cc(C2=CCOCC2)nn2cc(C(=O)N3CCN(C(=O)C4(O)CCC4)CC3(C)C)nc12.CC(C)c1cc(C2CCOCC2)nn2cc(C(=O)N3CCN(C(=O)C4(O)CCC4)CC3(C)C)nc12.C[C@H]1CN(C(=O)c2cn3nc(-c4ccc(F)cc4)cc(C(F)(F)F)c3n2)CCN1C(=O)OCc1ccccc1. The molecule has 762 valence electrons. The average molecular weight is 1970 g/mol. The van der Waals surface area contributed by atoms with Crippen LogP contribution in [0.4, 0.5) is 22.4 Å². The molecule has 8 fully saturated rings. The molecule has 20 rings (SSSR count). The van der Waals surface area contributed by atoms with Crippen molar-refractivity contribution >= 4 is 81.2 Å². The predicted octanol–water partition coefficient (Wildman–Crippen LogP) is 13.8. The van der Waals surface area contributed by atoms with Gasteiger partial charge in [0.15, 0.2) is 22.6 Å². The highest BCUT2D eigenvalue weighted by Crippen LogP contribution is 2.42. The molecule has 8 amide bonds. The number of allylic oxidation sites excluding steroid dienone is 2. The van der Waals surface area contributed by atoms with Crippen molar-refractivity contribution in [3.8, 4) is 11.3 Å². The largest absolute Gasteiger partial charge is 0.445 e. The Balaban J connectivity index is 0.000000131. The van der Waals surface area contributed by atoms with Crippen LogP contribution in [0, 0.1) is 5.82 Å². The van der Waals surface area contributed by atoms with Crippen molar-refractivity contribution in [2.45, 2.75) is 262 Å². The lowest BCUT2D eigenvalue weighted by atomic mass is 9.78. The number of aromatic nitrogens is 12. The van der Waals surface area contributed by atoms with E-state index < -0.39 is 74.7 Å². The zero-order valence-electron chi connectivity index (χ0n) is 83.8. The van der Waals surface area contributed by atoms with Gasteiger partial charge in [-0.3, -0.25) is 33.6 Å². The van der Waals surface area contributed by atoms with Crippen LogP contribution in [0.2, 0.25) is 0 Å². The summed E-state index contributed by atoms with van der Waals surface area (Å²) in [5.74, 6) is -1.16. The van der Waals surface area contributed by atoms with Crippen LogP contribution in [0.5, 0.6) is 0 Å². The number of benzene rings is 2. The number of aliphatic hydroxyl groups is 3. The number of alkyl halides is 3. The first-order valence-corrected chi connectivity index (χ1v) is 50.1. The summed E-state index contributed by atoms with van der Waals surface area (Å²) < 4.78 is 77.5. The number of carbonyl (C=O) groups is 8. The molecule has 3 N–H and O–H groups in total. The van der Waals surface area contributed by atoms with Crippen LogP contribution in [-0.4, -0.2) is 305 Å². The quantitative estimate of drug-likeness (QED) is 0.0756. The molecule has 38 heteroatoms. The summed E-state index contributed by atoms with van der Waals surface area (Å²) in [6.07, 6.45) is 17.1. The zero-order valence-corrected chi connectivity index (χ0v) is 83.8. The number of fused-ring (bicyclic) bond motifs is 4. The van der Waals surface area contributed by atoms with Crippen LogP contribution in [0.25, 0.3) is 45.0 Å².